The molecule has 6 heteroatoms. The van der Waals surface area contributed by atoms with Crippen LogP contribution in [0.2, 0.25) is 5.02 Å². The van der Waals surface area contributed by atoms with Gasteiger partial charge in [-0.05, 0) is 116 Å². The number of rotatable bonds is 4. The van der Waals surface area contributed by atoms with E-state index in [-0.39, 0.29) is 28.7 Å². The summed E-state index contributed by atoms with van der Waals surface area (Å²) in [6.07, 6.45) is 9.75. The topological polar surface area (TPSA) is 83.6 Å². The van der Waals surface area contributed by atoms with Gasteiger partial charge in [-0.2, -0.15) is 0 Å². The summed E-state index contributed by atoms with van der Waals surface area (Å²) < 4.78 is 5.56. The summed E-state index contributed by atoms with van der Waals surface area (Å²) in [5, 5.41) is 23.0. The van der Waals surface area contributed by atoms with Crippen LogP contribution < -0.4 is 5.63 Å². The number of benzene rings is 1. The minimum atomic E-state index is -0.379. The van der Waals surface area contributed by atoms with Crippen LogP contribution in [0.3, 0.4) is 0 Å². The van der Waals surface area contributed by atoms with E-state index >= 15 is 0 Å². The van der Waals surface area contributed by atoms with Crippen LogP contribution in [0.25, 0.3) is 10.9 Å². The summed E-state index contributed by atoms with van der Waals surface area (Å²) in [7, 11) is 0. The molecule has 0 spiro atoms. The molecule has 6 rings (SSSR count). The van der Waals surface area contributed by atoms with E-state index in [0.29, 0.717) is 63.7 Å². The molecule has 1 heterocycles. The number of hydrogen-bond donors (Lipinski definition) is 2. The van der Waals surface area contributed by atoms with Gasteiger partial charge in [0.05, 0.1) is 28.1 Å². The summed E-state index contributed by atoms with van der Waals surface area (Å²) in [6, 6.07) is 5.20. The molecule has 4 aliphatic rings. The van der Waals surface area contributed by atoms with Crippen LogP contribution in [-0.4, -0.2) is 27.4 Å². The Balaban J connectivity index is 1.20. The standard InChI is InChI=1S/C31H42ClNO4/c1-17(7-12-27-33-28-21(29(36)37-27)5-4-6-25(28)32)22-10-11-23-20-9-8-18-15-19(34)13-14-30(18,2)24(20)16-26(35)31(22,23)3/h4-6,17-20,22-24,26,34-35H,7-16H2,1-3H3/t17-,18-,19-,20+,22-,23+,24?,26+,30+,31-/m1/s1. The van der Waals surface area contributed by atoms with Crippen LogP contribution in [0.1, 0.15) is 84.4 Å². The zero-order valence-corrected chi connectivity index (χ0v) is 23.2. The predicted molar refractivity (Wildman–Crippen MR) is 145 cm³/mol. The molecule has 0 saturated heterocycles. The van der Waals surface area contributed by atoms with Crippen LogP contribution in [-0.2, 0) is 6.42 Å². The first-order chi connectivity index (χ1) is 17.6. The van der Waals surface area contributed by atoms with Crippen molar-refractivity contribution in [2.75, 3.05) is 0 Å². The van der Waals surface area contributed by atoms with Gasteiger partial charge in [-0.1, -0.05) is 38.4 Å². The molecule has 1 unspecified atom stereocenters. The minimum absolute atomic E-state index is 0.0705. The van der Waals surface area contributed by atoms with Crippen molar-refractivity contribution in [1.82, 2.24) is 4.98 Å². The van der Waals surface area contributed by atoms with Crippen molar-refractivity contribution in [3.8, 4) is 0 Å². The fraction of sp³-hybridized carbons (Fsp3) is 0.742. The minimum Gasteiger partial charge on any atom is -0.408 e. The summed E-state index contributed by atoms with van der Waals surface area (Å²) in [4.78, 5) is 17.1. The number of halogens is 1. The number of para-hydroxylation sites is 1. The maximum absolute atomic E-state index is 12.5. The summed E-state index contributed by atoms with van der Waals surface area (Å²) in [6.45, 7) is 7.16. The van der Waals surface area contributed by atoms with Crippen molar-refractivity contribution in [1.29, 1.82) is 0 Å². The van der Waals surface area contributed by atoms with Gasteiger partial charge in [-0.15, -0.1) is 0 Å². The molecule has 4 aliphatic carbocycles. The van der Waals surface area contributed by atoms with Crippen molar-refractivity contribution in [2.24, 2.45) is 46.3 Å². The highest BCUT2D eigenvalue weighted by molar-refractivity contribution is 6.34. The van der Waals surface area contributed by atoms with E-state index in [2.05, 4.69) is 25.8 Å². The summed E-state index contributed by atoms with van der Waals surface area (Å²) in [5.74, 6) is 3.71. The molecule has 10 atom stereocenters. The van der Waals surface area contributed by atoms with Gasteiger partial charge in [0.15, 0.2) is 5.89 Å². The fourth-order valence-electron chi connectivity index (χ4n) is 9.92. The first kappa shape index (κ1) is 25.8. The zero-order chi connectivity index (χ0) is 26.1. The van der Waals surface area contributed by atoms with E-state index < -0.39 is 0 Å². The normalized spacial score (nSPS) is 42.2. The number of aliphatic hydroxyl groups is 2. The summed E-state index contributed by atoms with van der Waals surface area (Å²) in [5.41, 5.74) is 0.327. The maximum atomic E-state index is 12.5. The van der Waals surface area contributed by atoms with Gasteiger partial charge in [0.1, 0.15) is 0 Å². The molecule has 37 heavy (non-hydrogen) atoms. The van der Waals surface area contributed by atoms with Gasteiger partial charge in [0.25, 0.3) is 0 Å². The molecule has 0 radical (unpaired) electrons. The van der Waals surface area contributed by atoms with Gasteiger partial charge in [0, 0.05) is 6.42 Å². The van der Waals surface area contributed by atoms with Crippen LogP contribution in [0, 0.1) is 46.3 Å². The molecule has 0 amide bonds. The molecule has 1 aromatic heterocycles. The Hall–Kier alpha value is -1.43. The van der Waals surface area contributed by atoms with E-state index in [1.807, 2.05) is 0 Å². The molecular formula is C31H42ClNO4. The molecular weight excluding hydrogens is 486 g/mol. The van der Waals surface area contributed by atoms with Crippen LogP contribution in [0.15, 0.2) is 27.4 Å². The van der Waals surface area contributed by atoms with Gasteiger partial charge in [-0.3, -0.25) is 0 Å². The number of aliphatic hydroxyl groups excluding tert-OH is 2. The van der Waals surface area contributed by atoms with E-state index in [1.165, 1.54) is 19.3 Å². The molecule has 1 aromatic carbocycles. The largest absolute Gasteiger partial charge is 0.408 e. The van der Waals surface area contributed by atoms with E-state index in [9.17, 15) is 15.0 Å². The SMILES string of the molecule is C[C@H](CCc1nc2c(Cl)cccc2c(=O)o1)[C@H]1CC[C@H]2[C@@H]3CC[C@@H]4C[C@H](O)CC[C@]4(C)C3C[C@H](O)[C@]12C. The Bertz CT molecular complexity index is 1230. The van der Waals surface area contributed by atoms with Gasteiger partial charge in [0.2, 0.25) is 0 Å². The van der Waals surface area contributed by atoms with E-state index in [4.69, 9.17) is 16.0 Å². The number of nitrogens with zero attached hydrogens (tertiary/aromatic N) is 1. The van der Waals surface area contributed by atoms with Crippen molar-refractivity contribution in [2.45, 2.75) is 97.2 Å². The lowest BCUT2D eigenvalue weighted by Crippen LogP contribution is -2.58. The quantitative estimate of drug-likeness (QED) is 0.480. The monoisotopic (exact) mass is 527 g/mol. The first-order valence-electron chi connectivity index (χ1n) is 14.6. The maximum Gasteiger partial charge on any atom is 0.346 e. The van der Waals surface area contributed by atoms with Crippen molar-refractivity contribution in [3.63, 3.8) is 0 Å². The van der Waals surface area contributed by atoms with Crippen LogP contribution >= 0.6 is 11.6 Å². The van der Waals surface area contributed by atoms with Crippen molar-refractivity contribution >= 4 is 22.5 Å². The van der Waals surface area contributed by atoms with E-state index in [1.54, 1.807) is 18.2 Å². The zero-order valence-electron chi connectivity index (χ0n) is 22.5. The van der Waals surface area contributed by atoms with Crippen LogP contribution in [0.5, 0.6) is 0 Å². The van der Waals surface area contributed by atoms with E-state index in [0.717, 1.165) is 38.5 Å². The average Bonchev–Trinajstić information content (AvgIpc) is 3.23. The lowest BCUT2D eigenvalue weighted by molar-refractivity contribution is -0.174. The number of hydrogen-bond acceptors (Lipinski definition) is 5. The average molecular weight is 528 g/mol. The lowest BCUT2D eigenvalue weighted by Gasteiger charge is -2.62. The van der Waals surface area contributed by atoms with Crippen LogP contribution in [0.4, 0.5) is 0 Å². The highest BCUT2D eigenvalue weighted by Gasteiger charge is 2.63. The third kappa shape index (κ3) is 4.02. The highest BCUT2D eigenvalue weighted by atomic mass is 35.5. The molecule has 202 valence electrons. The second-order valence-corrected chi connectivity index (χ2v) is 13.8. The molecule has 2 N–H and O–H groups in total. The Morgan fingerprint density at radius 1 is 1.11 bits per heavy atom. The number of fused-ring (bicyclic) bond motifs is 6. The molecule has 4 saturated carbocycles. The number of aryl methyl sites for hydroxylation is 1. The van der Waals surface area contributed by atoms with Gasteiger partial charge >= 0.3 is 5.63 Å². The summed E-state index contributed by atoms with van der Waals surface area (Å²) >= 11 is 6.31. The second-order valence-electron chi connectivity index (χ2n) is 13.4. The second kappa shape index (κ2) is 9.34. The van der Waals surface area contributed by atoms with Crippen molar-refractivity contribution in [3.05, 3.63) is 39.5 Å². The van der Waals surface area contributed by atoms with Crippen molar-refractivity contribution < 1.29 is 14.6 Å². The molecule has 5 nitrogen and oxygen atoms in total. The molecule has 2 aromatic rings. The third-order valence-electron chi connectivity index (χ3n) is 12.0. The highest BCUT2D eigenvalue weighted by Crippen LogP contribution is 2.68. The Labute approximate surface area is 225 Å². The lowest BCUT2D eigenvalue weighted by atomic mass is 9.43. The first-order valence-corrected chi connectivity index (χ1v) is 14.9. The van der Waals surface area contributed by atoms with Gasteiger partial charge < -0.3 is 14.6 Å². The molecule has 0 bridgehead atoms. The third-order valence-corrected chi connectivity index (χ3v) is 12.3. The Morgan fingerprint density at radius 3 is 2.73 bits per heavy atom. The number of aromatic nitrogens is 1. The molecule has 0 aliphatic heterocycles. The fourth-order valence-corrected chi connectivity index (χ4v) is 10.1. The van der Waals surface area contributed by atoms with Gasteiger partial charge in [-0.25, -0.2) is 9.78 Å². The molecule has 4 fully saturated rings. The Kier molecular flexibility index (Phi) is 6.52. The smallest absolute Gasteiger partial charge is 0.346 e. The Morgan fingerprint density at radius 2 is 1.92 bits per heavy atom. The predicted octanol–water partition coefficient (Wildman–Crippen LogP) is 6.40.